The van der Waals surface area contributed by atoms with E-state index in [1.807, 2.05) is 49.4 Å². The van der Waals surface area contributed by atoms with E-state index < -0.39 is 5.91 Å². The third kappa shape index (κ3) is 4.34. The summed E-state index contributed by atoms with van der Waals surface area (Å²) in [5.41, 5.74) is 3.00. The minimum Gasteiger partial charge on any atom is -0.355 e. The smallest absolute Gasteiger partial charge is 0.279 e. The number of halogens is 2. The second kappa shape index (κ2) is 8.11. The van der Waals surface area contributed by atoms with Crippen LogP contribution in [0, 0.1) is 6.92 Å². The number of nitrogens with zero attached hydrogens (tertiary/aromatic N) is 3. The van der Waals surface area contributed by atoms with Crippen LogP contribution in [0.4, 0.5) is 5.82 Å². The summed E-state index contributed by atoms with van der Waals surface area (Å²) in [7, 11) is 0. The van der Waals surface area contributed by atoms with Gasteiger partial charge in [0.25, 0.3) is 5.91 Å². The van der Waals surface area contributed by atoms with Crippen LogP contribution in [0.5, 0.6) is 0 Å². The summed E-state index contributed by atoms with van der Waals surface area (Å²) in [6, 6.07) is 16.8. The summed E-state index contributed by atoms with van der Waals surface area (Å²) >= 11 is 12.4. The molecule has 0 aliphatic heterocycles. The highest BCUT2D eigenvalue weighted by atomic mass is 35.5. The fraction of sp³-hybridized carbons (Fsp3) is 0.0952. The van der Waals surface area contributed by atoms with E-state index in [0.717, 1.165) is 16.7 Å². The zero-order chi connectivity index (χ0) is 20.4. The minimum atomic E-state index is -0.461. The first-order chi connectivity index (χ1) is 14.0. The van der Waals surface area contributed by atoms with Gasteiger partial charge in [0.15, 0.2) is 17.3 Å². The molecule has 0 saturated heterocycles. The number of hydrogen-bond acceptors (Lipinski definition) is 4. The quantitative estimate of drug-likeness (QED) is 0.460. The number of anilines is 1. The molecule has 6 nitrogen and oxygen atoms in total. The molecule has 4 rings (SSSR count). The first-order valence-electron chi connectivity index (χ1n) is 8.81. The average Bonchev–Trinajstić information content (AvgIpc) is 3.32. The Balaban J connectivity index is 1.48. The first kappa shape index (κ1) is 19.2. The minimum absolute atomic E-state index is 0.136. The normalized spacial score (nSPS) is 10.9. The number of nitrogens with one attached hydrogen (secondary N) is 1. The Morgan fingerprint density at radius 1 is 1.10 bits per heavy atom. The van der Waals surface area contributed by atoms with Crippen LogP contribution in [-0.4, -0.2) is 20.8 Å². The summed E-state index contributed by atoms with van der Waals surface area (Å²) in [5, 5.41) is 11.8. The average molecular weight is 427 g/mol. The van der Waals surface area contributed by atoms with Gasteiger partial charge in [0.05, 0.1) is 6.54 Å². The molecule has 2 aromatic carbocycles. The van der Waals surface area contributed by atoms with Crippen molar-refractivity contribution in [3.05, 3.63) is 87.7 Å². The first-order valence-corrected chi connectivity index (χ1v) is 9.56. The van der Waals surface area contributed by atoms with Gasteiger partial charge in [0.2, 0.25) is 0 Å². The van der Waals surface area contributed by atoms with Crippen LogP contribution < -0.4 is 5.32 Å². The van der Waals surface area contributed by atoms with Gasteiger partial charge in [0.1, 0.15) is 5.02 Å². The van der Waals surface area contributed by atoms with E-state index in [2.05, 4.69) is 15.6 Å². The number of rotatable bonds is 5. The monoisotopic (exact) mass is 426 g/mol. The van der Waals surface area contributed by atoms with Gasteiger partial charge in [-0.15, -0.1) is 0 Å². The Morgan fingerprint density at radius 2 is 1.86 bits per heavy atom. The van der Waals surface area contributed by atoms with Crippen molar-refractivity contribution < 1.29 is 9.32 Å². The highest BCUT2D eigenvalue weighted by Gasteiger charge is 2.17. The zero-order valence-electron chi connectivity index (χ0n) is 15.4. The summed E-state index contributed by atoms with van der Waals surface area (Å²) in [4.78, 5) is 12.5. The number of hydrogen-bond donors (Lipinski definition) is 1. The molecule has 0 radical (unpaired) electrons. The van der Waals surface area contributed by atoms with Gasteiger partial charge in [-0.05, 0) is 18.6 Å². The van der Waals surface area contributed by atoms with Gasteiger partial charge in [0, 0.05) is 22.8 Å². The Morgan fingerprint density at radius 3 is 2.62 bits per heavy atom. The van der Waals surface area contributed by atoms with Crippen molar-refractivity contribution in [1.82, 2.24) is 14.9 Å². The molecular weight excluding hydrogens is 411 g/mol. The molecule has 0 unspecified atom stereocenters. The second-order valence-electron chi connectivity index (χ2n) is 6.51. The predicted molar refractivity (Wildman–Crippen MR) is 112 cm³/mol. The molecule has 0 aliphatic rings. The molecule has 0 atom stereocenters. The van der Waals surface area contributed by atoms with Crippen LogP contribution in [0.2, 0.25) is 10.0 Å². The van der Waals surface area contributed by atoms with Crippen molar-refractivity contribution in [1.29, 1.82) is 0 Å². The van der Waals surface area contributed by atoms with Gasteiger partial charge in [-0.1, -0.05) is 76.4 Å². The van der Waals surface area contributed by atoms with Crippen LogP contribution in [0.1, 0.15) is 21.6 Å². The van der Waals surface area contributed by atoms with Crippen molar-refractivity contribution in [2.45, 2.75) is 13.5 Å². The summed E-state index contributed by atoms with van der Waals surface area (Å²) in [5.74, 6) is 0.283. The molecule has 29 heavy (non-hydrogen) atoms. The van der Waals surface area contributed by atoms with Crippen molar-refractivity contribution in [2.75, 3.05) is 5.32 Å². The third-order valence-electron chi connectivity index (χ3n) is 4.32. The fourth-order valence-corrected chi connectivity index (χ4v) is 3.16. The number of carbonyl (C=O) groups is 1. The predicted octanol–water partition coefficient (Wildman–Crippen LogP) is 5.45. The maximum absolute atomic E-state index is 12.5. The Hall–Kier alpha value is -3.09. The Labute approximate surface area is 177 Å². The highest BCUT2D eigenvalue weighted by Crippen LogP contribution is 2.24. The summed E-state index contributed by atoms with van der Waals surface area (Å²) in [6.07, 6.45) is 1.63. The Kier molecular flexibility index (Phi) is 5.38. The molecule has 2 aromatic heterocycles. The van der Waals surface area contributed by atoms with Gasteiger partial charge in [-0.25, -0.2) is 0 Å². The van der Waals surface area contributed by atoms with Crippen LogP contribution in [0.25, 0.3) is 11.3 Å². The third-order valence-corrected chi connectivity index (χ3v) is 4.96. The molecule has 0 spiro atoms. The van der Waals surface area contributed by atoms with E-state index in [-0.39, 0.29) is 11.5 Å². The summed E-state index contributed by atoms with van der Waals surface area (Å²) < 4.78 is 6.90. The van der Waals surface area contributed by atoms with E-state index in [9.17, 15) is 4.79 Å². The topological polar surface area (TPSA) is 73.0 Å². The molecule has 146 valence electrons. The highest BCUT2D eigenvalue weighted by molar-refractivity contribution is 6.33. The lowest BCUT2D eigenvalue weighted by atomic mass is 10.1. The molecule has 0 bridgehead atoms. The molecule has 1 amide bonds. The van der Waals surface area contributed by atoms with E-state index in [0.29, 0.717) is 22.4 Å². The molecule has 0 fully saturated rings. The second-order valence-corrected chi connectivity index (χ2v) is 7.33. The number of aromatic nitrogens is 3. The van der Waals surface area contributed by atoms with Crippen molar-refractivity contribution in [3.8, 4) is 11.3 Å². The van der Waals surface area contributed by atoms with Crippen molar-refractivity contribution in [2.24, 2.45) is 0 Å². The number of aryl methyl sites for hydroxylation is 1. The molecule has 1 N–H and O–H groups in total. The lowest BCUT2D eigenvalue weighted by Crippen LogP contribution is -2.13. The van der Waals surface area contributed by atoms with Crippen LogP contribution in [0.15, 0.2) is 65.3 Å². The maximum atomic E-state index is 12.5. The van der Waals surface area contributed by atoms with Crippen LogP contribution in [-0.2, 0) is 6.54 Å². The van der Waals surface area contributed by atoms with Crippen molar-refractivity contribution >= 4 is 34.9 Å². The Bertz CT molecular complexity index is 1170. The van der Waals surface area contributed by atoms with E-state index in [4.69, 9.17) is 27.7 Å². The van der Waals surface area contributed by atoms with Crippen LogP contribution in [0.3, 0.4) is 0 Å². The van der Waals surface area contributed by atoms with Crippen LogP contribution >= 0.6 is 23.2 Å². The number of benzene rings is 2. The standard InChI is InChI=1S/C21H16Cl2N4O2/c1-13-6-8-14(9-7-13)19-10-18(26-29-19)21(28)24-20-17(23)12-27(25-20)11-15-4-2-3-5-16(15)22/h2-10,12H,11H2,1H3,(H,24,25,28). The molecule has 4 aromatic rings. The van der Waals surface area contributed by atoms with Gasteiger partial charge in [-0.2, -0.15) is 5.10 Å². The summed E-state index contributed by atoms with van der Waals surface area (Å²) in [6.45, 7) is 2.43. The van der Waals surface area contributed by atoms with E-state index in [1.54, 1.807) is 23.0 Å². The zero-order valence-corrected chi connectivity index (χ0v) is 16.9. The molecular formula is C21H16Cl2N4O2. The number of carbonyl (C=O) groups excluding carboxylic acids is 1. The van der Waals surface area contributed by atoms with Gasteiger partial charge < -0.3 is 9.84 Å². The molecule has 8 heteroatoms. The molecule has 2 heterocycles. The van der Waals surface area contributed by atoms with E-state index in [1.165, 1.54) is 0 Å². The maximum Gasteiger partial charge on any atom is 0.279 e. The number of amides is 1. The van der Waals surface area contributed by atoms with Crippen molar-refractivity contribution in [3.63, 3.8) is 0 Å². The SMILES string of the molecule is Cc1ccc(-c2cc(C(=O)Nc3nn(Cc4ccccc4Cl)cc3Cl)no2)cc1. The molecule has 0 aliphatic carbocycles. The van der Waals surface area contributed by atoms with Gasteiger partial charge >= 0.3 is 0 Å². The van der Waals surface area contributed by atoms with E-state index >= 15 is 0 Å². The lowest BCUT2D eigenvalue weighted by Gasteiger charge is -2.04. The van der Waals surface area contributed by atoms with Gasteiger partial charge in [-0.3, -0.25) is 9.48 Å². The lowest BCUT2D eigenvalue weighted by molar-refractivity contribution is 0.101. The molecule has 0 saturated carbocycles. The fourth-order valence-electron chi connectivity index (χ4n) is 2.77. The largest absolute Gasteiger partial charge is 0.355 e.